The first kappa shape index (κ1) is 20.9. The molecular weight excluding hydrogens is 380 g/mol. The summed E-state index contributed by atoms with van der Waals surface area (Å²) in [6, 6.07) is 1.50. The zero-order chi connectivity index (χ0) is 20.3. The predicted molar refractivity (Wildman–Crippen MR) is 105 cm³/mol. The second kappa shape index (κ2) is 8.65. The number of primary amides is 1. The third-order valence-corrected chi connectivity index (χ3v) is 7.62. The molecule has 1 aromatic heterocycles. The van der Waals surface area contributed by atoms with Crippen LogP contribution in [0.2, 0.25) is 0 Å². The van der Waals surface area contributed by atoms with E-state index in [1.54, 1.807) is 16.5 Å². The molecule has 1 atom stereocenters. The molecule has 1 unspecified atom stereocenters. The molecule has 2 aliphatic heterocycles. The van der Waals surface area contributed by atoms with Crippen LogP contribution in [0, 0.1) is 5.92 Å². The fourth-order valence-corrected chi connectivity index (χ4v) is 5.72. The Morgan fingerprint density at radius 3 is 2.54 bits per heavy atom. The Balaban J connectivity index is 1.73. The van der Waals surface area contributed by atoms with Gasteiger partial charge in [0.05, 0.1) is 0 Å². The number of hydrogen-bond acceptors (Lipinski definition) is 4. The zero-order valence-electron chi connectivity index (χ0n) is 16.5. The molecule has 0 radical (unpaired) electrons. The molecule has 3 heterocycles. The van der Waals surface area contributed by atoms with Gasteiger partial charge in [0.1, 0.15) is 10.6 Å². The van der Waals surface area contributed by atoms with E-state index in [0.717, 1.165) is 32.1 Å². The van der Waals surface area contributed by atoms with Gasteiger partial charge in [-0.25, -0.2) is 8.42 Å². The first-order valence-electron chi connectivity index (χ1n) is 10.0. The van der Waals surface area contributed by atoms with Gasteiger partial charge in [-0.2, -0.15) is 4.31 Å². The number of amides is 2. The molecule has 0 bridgehead atoms. The Labute approximate surface area is 166 Å². The van der Waals surface area contributed by atoms with Crippen LogP contribution in [0.1, 0.15) is 55.4 Å². The van der Waals surface area contributed by atoms with E-state index >= 15 is 0 Å². The Morgan fingerprint density at radius 1 is 1.14 bits per heavy atom. The average Bonchev–Trinajstić information content (AvgIpc) is 3.09. The lowest BCUT2D eigenvalue weighted by atomic mass is 9.93. The van der Waals surface area contributed by atoms with E-state index < -0.39 is 10.0 Å². The first-order valence-corrected chi connectivity index (χ1v) is 11.5. The van der Waals surface area contributed by atoms with Crippen molar-refractivity contribution in [2.45, 2.75) is 49.8 Å². The summed E-state index contributed by atoms with van der Waals surface area (Å²) < 4.78 is 28.9. The van der Waals surface area contributed by atoms with Gasteiger partial charge in [0.15, 0.2) is 0 Å². The van der Waals surface area contributed by atoms with Gasteiger partial charge < -0.3 is 15.2 Å². The Kier molecular flexibility index (Phi) is 6.44. The molecule has 8 nitrogen and oxygen atoms in total. The van der Waals surface area contributed by atoms with E-state index in [2.05, 4.69) is 0 Å². The summed E-state index contributed by atoms with van der Waals surface area (Å²) in [7, 11) is -1.86. The van der Waals surface area contributed by atoms with Crippen molar-refractivity contribution in [3.8, 4) is 0 Å². The molecule has 2 saturated heterocycles. The van der Waals surface area contributed by atoms with Crippen LogP contribution in [0.15, 0.2) is 17.2 Å². The smallest absolute Gasteiger partial charge is 0.270 e. The third-order valence-electron chi connectivity index (χ3n) is 5.76. The standard InChI is InChI=1S/C19H30N4O4S/c1-21-14-16(28(26,27)23-10-3-2-4-11-23)12-17(21)19(25)22-9-5-6-15(13-22)7-8-18(20)24/h12,14-15H,2-11,13H2,1H3,(H2,20,24). The van der Waals surface area contributed by atoms with Crippen LogP contribution < -0.4 is 5.73 Å². The minimum absolute atomic E-state index is 0.161. The van der Waals surface area contributed by atoms with Crippen LogP contribution in [0.5, 0.6) is 0 Å². The number of nitrogens with two attached hydrogens (primary N) is 1. The number of nitrogens with zero attached hydrogens (tertiary/aromatic N) is 3. The third kappa shape index (κ3) is 4.57. The van der Waals surface area contributed by atoms with Crippen molar-refractivity contribution >= 4 is 21.8 Å². The second-order valence-corrected chi connectivity index (χ2v) is 9.84. The highest BCUT2D eigenvalue weighted by Crippen LogP contribution is 2.25. The van der Waals surface area contributed by atoms with Gasteiger partial charge in [-0.3, -0.25) is 9.59 Å². The number of aryl methyl sites for hydroxylation is 1. The maximum absolute atomic E-state index is 13.0. The van der Waals surface area contributed by atoms with E-state index in [4.69, 9.17) is 5.73 Å². The van der Waals surface area contributed by atoms with Crippen LogP contribution in [-0.4, -0.2) is 60.2 Å². The first-order chi connectivity index (χ1) is 13.3. The van der Waals surface area contributed by atoms with Gasteiger partial charge >= 0.3 is 0 Å². The molecule has 9 heteroatoms. The van der Waals surface area contributed by atoms with Gasteiger partial charge in [-0.1, -0.05) is 6.42 Å². The number of sulfonamides is 1. The van der Waals surface area contributed by atoms with Gasteiger partial charge in [0.25, 0.3) is 5.91 Å². The van der Waals surface area contributed by atoms with E-state index in [1.807, 2.05) is 0 Å². The lowest BCUT2D eigenvalue weighted by Crippen LogP contribution is -2.40. The van der Waals surface area contributed by atoms with Crippen LogP contribution in [0.4, 0.5) is 0 Å². The fraction of sp³-hybridized carbons (Fsp3) is 0.684. The summed E-state index contributed by atoms with van der Waals surface area (Å²) in [6.45, 7) is 2.29. The van der Waals surface area contributed by atoms with Gasteiger partial charge in [0, 0.05) is 45.8 Å². The Hall–Kier alpha value is -1.87. The quantitative estimate of drug-likeness (QED) is 0.763. The molecule has 0 aliphatic carbocycles. The molecule has 28 heavy (non-hydrogen) atoms. The monoisotopic (exact) mass is 410 g/mol. The molecule has 2 aliphatic rings. The van der Waals surface area contributed by atoms with E-state index in [0.29, 0.717) is 44.7 Å². The number of aromatic nitrogens is 1. The van der Waals surface area contributed by atoms with Crippen LogP contribution >= 0.6 is 0 Å². The number of carbonyl (C=O) groups is 2. The lowest BCUT2D eigenvalue weighted by molar-refractivity contribution is -0.118. The van der Waals surface area contributed by atoms with Gasteiger partial charge in [-0.05, 0) is 44.1 Å². The maximum Gasteiger partial charge on any atom is 0.270 e. The molecule has 2 amide bonds. The Morgan fingerprint density at radius 2 is 1.86 bits per heavy atom. The normalized spacial score (nSPS) is 21.6. The minimum Gasteiger partial charge on any atom is -0.370 e. The molecule has 1 aromatic rings. The second-order valence-electron chi connectivity index (χ2n) is 7.90. The summed E-state index contributed by atoms with van der Waals surface area (Å²) in [6.07, 6.45) is 7.19. The molecule has 0 saturated carbocycles. The van der Waals surface area contributed by atoms with Gasteiger partial charge in [-0.15, -0.1) is 0 Å². The highest BCUT2D eigenvalue weighted by atomic mass is 32.2. The summed E-state index contributed by atoms with van der Waals surface area (Å²) in [5.41, 5.74) is 5.62. The number of piperidine rings is 2. The number of hydrogen-bond donors (Lipinski definition) is 1. The molecule has 156 valence electrons. The van der Waals surface area contributed by atoms with Crippen LogP contribution in [0.25, 0.3) is 0 Å². The number of likely N-dealkylation sites (tertiary alicyclic amines) is 1. The fourth-order valence-electron chi connectivity index (χ4n) is 4.14. The summed E-state index contributed by atoms with van der Waals surface area (Å²) >= 11 is 0. The minimum atomic E-state index is -3.57. The summed E-state index contributed by atoms with van der Waals surface area (Å²) in [5, 5.41) is 0. The largest absolute Gasteiger partial charge is 0.370 e. The predicted octanol–water partition coefficient (Wildman–Crippen LogP) is 1.32. The van der Waals surface area contributed by atoms with Crippen LogP contribution in [0.3, 0.4) is 0 Å². The zero-order valence-corrected chi connectivity index (χ0v) is 17.3. The van der Waals surface area contributed by atoms with Crippen molar-refractivity contribution in [3.05, 3.63) is 18.0 Å². The number of rotatable bonds is 6. The number of carbonyl (C=O) groups excluding carboxylic acids is 2. The summed E-state index contributed by atoms with van der Waals surface area (Å²) in [5.74, 6) is -0.230. The van der Waals surface area contributed by atoms with Crippen molar-refractivity contribution < 1.29 is 18.0 Å². The van der Waals surface area contributed by atoms with Crippen LogP contribution in [-0.2, 0) is 21.9 Å². The van der Waals surface area contributed by atoms with Crippen molar-refractivity contribution in [3.63, 3.8) is 0 Å². The molecule has 0 aromatic carbocycles. The molecule has 0 spiro atoms. The maximum atomic E-state index is 13.0. The molecular formula is C19H30N4O4S. The molecule has 2 fully saturated rings. The lowest BCUT2D eigenvalue weighted by Gasteiger charge is -2.32. The highest BCUT2D eigenvalue weighted by Gasteiger charge is 2.31. The average molecular weight is 411 g/mol. The van der Waals surface area contributed by atoms with E-state index in [-0.39, 0.29) is 22.6 Å². The molecule has 2 N–H and O–H groups in total. The topological polar surface area (TPSA) is 106 Å². The molecule has 3 rings (SSSR count). The highest BCUT2D eigenvalue weighted by molar-refractivity contribution is 7.89. The SMILES string of the molecule is Cn1cc(S(=O)(=O)N2CCCCC2)cc1C(=O)N1CCCC(CCC(N)=O)C1. The summed E-state index contributed by atoms with van der Waals surface area (Å²) in [4.78, 5) is 26.0. The van der Waals surface area contributed by atoms with E-state index in [1.165, 1.54) is 16.6 Å². The van der Waals surface area contributed by atoms with Crippen molar-refractivity contribution in [2.24, 2.45) is 18.7 Å². The van der Waals surface area contributed by atoms with Crippen molar-refractivity contribution in [1.82, 2.24) is 13.8 Å². The van der Waals surface area contributed by atoms with Crippen molar-refractivity contribution in [2.75, 3.05) is 26.2 Å². The van der Waals surface area contributed by atoms with Crippen molar-refractivity contribution in [1.29, 1.82) is 0 Å². The Bertz CT molecular complexity index is 827. The van der Waals surface area contributed by atoms with Gasteiger partial charge in [0.2, 0.25) is 15.9 Å². The van der Waals surface area contributed by atoms with E-state index in [9.17, 15) is 18.0 Å².